The Morgan fingerprint density at radius 2 is 2.38 bits per heavy atom. The van der Waals surface area contributed by atoms with Crippen LogP contribution in [0, 0.1) is 0 Å². The Bertz CT molecular complexity index is 405. The summed E-state index contributed by atoms with van der Waals surface area (Å²) >= 11 is 3.19. The highest BCUT2D eigenvalue weighted by molar-refractivity contribution is 9.09. The Morgan fingerprint density at radius 3 is 2.94 bits per heavy atom. The molecule has 0 saturated carbocycles. The van der Waals surface area contributed by atoms with Crippen molar-refractivity contribution >= 4 is 33.2 Å². The van der Waals surface area contributed by atoms with E-state index in [1.54, 1.807) is 31.4 Å². The maximum atomic E-state index is 11.3. The first-order valence-electron chi connectivity index (χ1n) is 4.64. The molecule has 1 rings (SSSR count). The van der Waals surface area contributed by atoms with E-state index in [0.717, 1.165) is 0 Å². The van der Waals surface area contributed by atoms with Gasteiger partial charge in [0.1, 0.15) is 5.75 Å². The molecule has 0 fully saturated rings. The Labute approximate surface area is 103 Å². The van der Waals surface area contributed by atoms with Gasteiger partial charge in [-0.2, -0.15) is 0 Å². The highest BCUT2D eigenvalue weighted by Gasteiger charge is 2.02. The maximum Gasteiger partial charge on any atom is 0.248 e. The molecule has 86 valence electrons. The SMILES string of the molecule is COc1ccc(NC(=O)C=CCBr)cc1N. The van der Waals surface area contributed by atoms with Crippen molar-refractivity contribution in [1.29, 1.82) is 0 Å². The van der Waals surface area contributed by atoms with Gasteiger partial charge in [-0.3, -0.25) is 4.79 Å². The predicted molar refractivity (Wildman–Crippen MR) is 69.0 cm³/mol. The molecule has 0 heterocycles. The van der Waals surface area contributed by atoms with Gasteiger partial charge >= 0.3 is 0 Å². The number of allylic oxidation sites excluding steroid dienone is 1. The number of alkyl halides is 1. The van der Waals surface area contributed by atoms with Crippen molar-refractivity contribution < 1.29 is 9.53 Å². The topological polar surface area (TPSA) is 64.3 Å². The lowest BCUT2D eigenvalue weighted by atomic mass is 10.2. The molecule has 0 atom stereocenters. The van der Waals surface area contributed by atoms with E-state index < -0.39 is 0 Å². The van der Waals surface area contributed by atoms with Crippen molar-refractivity contribution in [2.75, 3.05) is 23.5 Å². The van der Waals surface area contributed by atoms with Gasteiger partial charge in [0.15, 0.2) is 0 Å². The first kappa shape index (κ1) is 12.6. The smallest absolute Gasteiger partial charge is 0.248 e. The molecule has 0 bridgehead atoms. The van der Waals surface area contributed by atoms with Crippen molar-refractivity contribution in [2.45, 2.75) is 0 Å². The Morgan fingerprint density at radius 1 is 1.62 bits per heavy atom. The highest BCUT2D eigenvalue weighted by atomic mass is 79.9. The molecule has 1 aromatic rings. The lowest BCUT2D eigenvalue weighted by molar-refractivity contribution is -0.111. The van der Waals surface area contributed by atoms with E-state index in [2.05, 4.69) is 21.2 Å². The van der Waals surface area contributed by atoms with Crippen LogP contribution in [0.3, 0.4) is 0 Å². The number of carbonyl (C=O) groups is 1. The van der Waals surface area contributed by atoms with Crippen molar-refractivity contribution in [3.8, 4) is 5.75 Å². The van der Waals surface area contributed by atoms with Crippen LogP contribution in [0.25, 0.3) is 0 Å². The van der Waals surface area contributed by atoms with Gasteiger partial charge in [0.2, 0.25) is 5.91 Å². The minimum atomic E-state index is -0.191. The highest BCUT2D eigenvalue weighted by Crippen LogP contribution is 2.24. The zero-order chi connectivity index (χ0) is 12.0. The van der Waals surface area contributed by atoms with E-state index in [0.29, 0.717) is 22.5 Å². The number of hydrogen-bond donors (Lipinski definition) is 2. The van der Waals surface area contributed by atoms with Crippen molar-refractivity contribution in [3.63, 3.8) is 0 Å². The summed E-state index contributed by atoms with van der Waals surface area (Å²) in [6.45, 7) is 0. The molecule has 0 aromatic heterocycles. The molecule has 16 heavy (non-hydrogen) atoms. The zero-order valence-electron chi connectivity index (χ0n) is 8.87. The number of methoxy groups -OCH3 is 1. The average molecular weight is 285 g/mol. The lowest BCUT2D eigenvalue weighted by Crippen LogP contribution is -2.08. The molecule has 1 amide bonds. The summed E-state index contributed by atoms with van der Waals surface area (Å²) < 4.78 is 5.01. The van der Waals surface area contributed by atoms with Crippen LogP contribution in [0.4, 0.5) is 11.4 Å². The Balaban J connectivity index is 2.71. The minimum absolute atomic E-state index is 0.191. The summed E-state index contributed by atoms with van der Waals surface area (Å²) in [6.07, 6.45) is 3.16. The summed E-state index contributed by atoms with van der Waals surface area (Å²) in [5.74, 6) is 0.401. The Kier molecular flexibility index (Phi) is 4.85. The third-order valence-electron chi connectivity index (χ3n) is 1.86. The van der Waals surface area contributed by atoms with Gasteiger partial charge in [0.05, 0.1) is 12.8 Å². The number of nitrogen functional groups attached to an aromatic ring is 1. The molecule has 5 heteroatoms. The minimum Gasteiger partial charge on any atom is -0.495 e. The van der Waals surface area contributed by atoms with E-state index in [-0.39, 0.29) is 5.91 Å². The predicted octanol–water partition coefficient (Wildman–Crippen LogP) is 2.17. The van der Waals surface area contributed by atoms with Crippen molar-refractivity contribution in [2.24, 2.45) is 0 Å². The molecular formula is C11H13BrN2O2. The molecular weight excluding hydrogens is 272 g/mol. The van der Waals surface area contributed by atoms with Gasteiger partial charge in [-0.1, -0.05) is 22.0 Å². The number of halogens is 1. The van der Waals surface area contributed by atoms with Crippen LogP contribution in [0.15, 0.2) is 30.4 Å². The fourth-order valence-corrected chi connectivity index (χ4v) is 1.33. The fraction of sp³-hybridized carbons (Fsp3) is 0.182. The Hall–Kier alpha value is -1.49. The van der Waals surface area contributed by atoms with E-state index in [1.165, 1.54) is 6.08 Å². The van der Waals surface area contributed by atoms with Gasteiger partial charge in [0.25, 0.3) is 0 Å². The van der Waals surface area contributed by atoms with E-state index in [1.807, 2.05) is 0 Å². The number of ether oxygens (including phenoxy) is 1. The molecule has 0 aliphatic heterocycles. The summed E-state index contributed by atoms with van der Waals surface area (Å²) in [7, 11) is 1.54. The third kappa shape index (κ3) is 3.58. The molecule has 0 aliphatic rings. The van der Waals surface area contributed by atoms with Crippen LogP contribution in [-0.2, 0) is 4.79 Å². The zero-order valence-corrected chi connectivity index (χ0v) is 10.5. The molecule has 0 radical (unpaired) electrons. The molecule has 4 nitrogen and oxygen atoms in total. The van der Waals surface area contributed by atoms with E-state index >= 15 is 0 Å². The summed E-state index contributed by atoms with van der Waals surface area (Å²) in [4.78, 5) is 11.3. The van der Waals surface area contributed by atoms with Crippen LogP contribution in [0.2, 0.25) is 0 Å². The fourth-order valence-electron chi connectivity index (χ4n) is 1.15. The molecule has 0 aliphatic carbocycles. The molecule has 0 unspecified atom stereocenters. The summed E-state index contributed by atoms with van der Waals surface area (Å²) in [5.41, 5.74) is 6.84. The number of amides is 1. The number of carbonyl (C=O) groups excluding carboxylic acids is 1. The second-order valence-electron chi connectivity index (χ2n) is 3.00. The first-order valence-corrected chi connectivity index (χ1v) is 5.76. The number of benzene rings is 1. The van der Waals surface area contributed by atoms with Crippen LogP contribution >= 0.6 is 15.9 Å². The molecule has 1 aromatic carbocycles. The van der Waals surface area contributed by atoms with Crippen LogP contribution in [-0.4, -0.2) is 18.3 Å². The van der Waals surface area contributed by atoms with Gasteiger partial charge in [0, 0.05) is 17.1 Å². The van der Waals surface area contributed by atoms with Crippen molar-refractivity contribution in [1.82, 2.24) is 0 Å². The molecule has 0 saturated heterocycles. The summed E-state index contributed by atoms with van der Waals surface area (Å²) in [5, 5.41) is 3.33. The normalized spacial score (nSPS) is 10.4. The molecule has 3 N–H and O–H groups in total. The number of hydrogen-bond acceptors (Lipinski definition) is 3. The average Bonchev–Trinajstić information content (AvgIpc) is 2.26. The second-order valence-corrected chi connectivity index (χ2v) is 3.65. The number of nitrogens with two attached hydrogens (primary N) is 1. The standard InChI is InChI=1S/C11H13BrN2O2/c1-16-10-5-4-8(7-9(10)13)14-11(15)3-2-6-12/h2-5,7H,6,13H2,1H3,(H,14,15). The van der Waals surface area contributed by atoms with E-state index in [9.17, 15) is 4.79 Å². The lowest BCUT2D eigenvalue weighted by Gasteiger charge is -2.07. The maximum absolute atomic E-state index is 11.3. The van der Waals surface area contributed by atoms with Crippen molar-refractivity contribution in [3.05, 3.63) is 30.4 Å². The van der Waals surface area contributed by atoms with Gasteiger partial charge < -0.3 is 15.8 Å². The number of rotatable bonds is 4. The first-order chi connectivity index (χ1) is 7.67. The van der Waals surface area contributed by atoms with Gasteiger partial charge in [-0.25, -0.2) is 0 Å². The third-order valence-corrected chi connectivity index (χ3v) is 2.23. The monoisotopic (exact) mass is 284 g/mol. The molecule has 0 spiro atoms. The van der Waals surface area contributed by atoms with E-state index in [4.69, 9.17) is 10.5 Å². The second kappa shape index (κ2) is 6.17. The van der Waals surface area contributed by atoms with Crippen LogP contribution in [0.1, 0.15) is 0 Å². The van der Waals surface area contributed by atoms with Gasteiger partial charge in [-0.05, 0) is 18.2 Å². The summed E-state index contributed by atoms with van der Waals surface area (Å²) in [6, 6.07) is 5.09. The van der Waals surface area contributed by atoms with Crippen LogP contribution < -0.4 is 15.8 Å². The largest absolute Gasteiger partial charge is 0.495 e. The van der Waals surface area contributed by atoms with Crippen LogP contribution in [0.5, 0.6) is 5.75 Å². The number of anilines is 2. The van der Waals surface area contributed by atoms with Gasteiger partial charge in [-0.15, -0.1) is 0 Å². The quantitative estimate of drug-likeness (QED) is 0.506. The number of nitrogens with one attached hydrogen (secondary N) is 1.